The van der Waals surface area contributed by atoms with E-state index >= 15 is 0 Å². The van der Waals surface area contributed by atoms with E-state index in [1.54, 1.807) is 0 Å². The number of primary amides is 1. The zero-order valence-corrected chi connectivity index (χ0v) is 11.8. The van der Waals surface area contributed by atoms with Gasteiger partial charge in [-0.25, -0.2) is 0 Å². The molecule has 0 saturated carbocycles. The van der Waals surface area contributed by atoms with Crippen LogP contribution in [0.2, 0.25) is 0 Å². The average molecular weight is 288 g/mol. The van der Waals surface area contributed by atoms with Gasteiger partial charge in [-0.1, -0.05) is 42.5 Å². The molecule has 0 radical (unpaired) electrons. The summed E-state index contributed by atoms with van der Waals surface area (Å²) in [5.74, 6) is -0.866. The predicted molar refractivity (Wildman–Crippen MR) is 80.1 cm³/mol. The van der Waals surface area contributed by atoms with Crippen LogP contribution in [-0.2, 0) is 14.3 Å². The van der Waals surface area contributed by atoms with Gasteiger partial charge in [-0.15, -0.1) is 0 Å². The average Bonchev–Trinajstić information content (AvgIpc) is 3.01. The Morgan fingerprint density at radius 2 is 2.14 bits per heavy atom. The van der Waals surface area contributed by atoms with Gasteiger partial charge in [0.1, 0.15) is 6.04 Å². The Labute approximate surface area is 124 Å². The summed E-state index contributed by atoms with van der Waals surface area (Å²) in [6.07, 6.45) is 4.82. The number of hydrogen-bond donors (Lipinski definition) is 2. The molecule has 0 aromatic heterocycles. The minimum Gasteiger partial charge on any atom is -0.381 e. The molecule has 5 nitrogen and oxygen atoms in total. The van der Waals surface area contributed by atoms with E-state index in [9.17, 15) is 9.59 Å². The van der Waals surface area contributed by atoms with Crippen LogP contribution in [0.3, 0.4) is 0 Å². The van der Waals surface area contributed by atoms with Crippen molar-refractivity contribution in [3.8, 4) is 0 Å². The van der Waals surface area contributed by atoms with E-state index in [-0.39, 0.29) is 11.8 Å². The molecule has 2 atom stereocenters. The Kier molecular flexibility index (Phi) is 5.51. The number of ether oxygens (including phenoxy) is 1. The number of carbonyl (C=O) groups is 2. The molecule has 5 heteroatoms. The number of hydrogen-bond acceptors (Lipinski definition) is 3. The molecule has 2 amide bonds. The lowest BCUT2D eigenvalue weighted by Crippen LogP contribution is -2.46. The third kappa shape index (κ3) is 4.72. The van der Waals surface area contributed by atoms with Crippen molar-refractivity contribution in [2.75, 3.05) is 13.2 Å². The first-order valence-corrected chi connectivity index (χ1v) is 7.06. The molecule has 1 aromatic rings. The molecule has 0 aliphatic carbocycles. The number of nitrogens with two attached hydrogens (primary N) is 1. The van der Waals surface area contributed by atoms with Gasteiger partial charge in [0.25, 0.3) is 0 Å². The van der Waals surface area contributed by atoms with Gasteiger partial charge in [0.2, 0.25) is 11.8 Å². The number of nitrogens with one attached hydrogen (secondary N) is 1. The molecule has 0 spiro atoms. The van der Waals surface area contributed by atoms with E-state index in [0.29, 0.717) is 26.1 Å². The molecule has 1 heterocycles. The second kappa shape index (κ2) is 7.59. The summed E-state index contributed by atoms with van der Waals surface area (Å²) < 4.78 is 5.17. The van der Waals surface area contributed by atoms with E-state index in [0.717, 1.165) is 5.56 Å². The minimum absolute atomic E-state index is 0.163. The van der Waals surface area contributed by atoms with Gasteiger partial charge in [0, 0.05) is 6.61 Å². The van der Waals surface area contributed by atoms with Crippen molar-refractivity contribution in [1.29, 1.82) is 0 Å². The summed E-state index contributed by atoms with van der Waals surface area (Å²) in [6, 6.07) is 9.06. The van der Waals surface area contributed by atoms with Gasteiger partial charge < -0.3 is 15.8 Å². The van der Waals surface area contributed by atoms with Crippen molar-refractivity contribution in [2.45, 2.75) is 18.9 Å². The van der Waals surface area contributed by atoms with Crippen molar-refractivity contribution in [1.82, 2.24) is 5.32 Å². The molecule has 1 fully saturated rings. The van der Waals surface area contributed by atoms with Gasteiger partial charge in [0.15, 0.2) is 0 Å². The van der Waals surface area contributed by atoms with Crippen LogP contribution < -0.4 is 11.1 Å². The molecule has 3 N–H and O–H groups in total. The molecule has 1 aliphatic heterocycles. The molecule has 1 saturated heterocycles. The molecule has 2 rings (SSSR count). The highest BCUT2D eigenvalue weighted by atomic mass is 16.5. The summed E-state index contributed by atoms with van der Waals surface area (Å²) in [5, 5.41) is 2.70. The summed E-state index contributed by atoms with van der Waals surface area (Å²) in [7, 11) is 0. The number of benzene rings is 1. The van der Waals surface area contributed by atoms with Crippen LogP contribution in [0, 0.1) is 5.92 Å². The van der Waals surface area contributed by atoms with Crippen LogP contribution in [-0.4, -0.2) is 31.1 Å². The van der Waals surface area contributed by atoms with E-state index in [1.807, 2.05) is 42.5 Å². The highest BCUT2D eigenvalue weighted by Gasteiger charge is 2.26. The third-order valence-electron chi connectivity index (χ3n) is 3.44. The molecular weight excluding hydrogens is 268 g/mol. The lowest BCUT2D eigenvalue weighted by Gasteiger charge is -2.16. The second-order valence-electron chi connectivity index (χ2n) is 5.07. The Morgan fingerprint density at radius 1 is 1.38 bits per heavy atom. The first-order valence-electron chi connectivity index (χ1n) is 7.06. The Balaban J connectivity index is 1.88. The molecule has 0 unspecified atom stereocenters. The molecule has 0 bridgehead atoms. The van der Waals surface area contributed by atoms with Crippen LogP contribution in [0.4, 0.5) is 0 Å². The van der Waals surface area contributed by atoms with Crippen LogP contribution in [0.1, 0.15) is 18.4 Å². The number of carbonyl (C=O) groups excluding carboxylic acids is 2. The summed E-state index contributed by atoms with van der Waals surface area (Å²) >= 11 is 0. The first-order chi connectivity index (χ1) is 10.2. The lowest BCUT2D eigenvalue weighted by atomic mass is 10.1. The van der Waals surface area contributed by atoms with Gasteiger partial charge in [0.05, 0.1) is 12.5 Å². The molecule has 21 heavy (non-hydrogen) atoms. The maximum absolute atomic E-state index is 12.0. The highest BCUT2D eigenvalue weighted by molar-refractivity contribution is 5.87. The van der Waals surface area contributed by atoms with Crippen molar-refractivity contribution in [3.05, 3.63) is 42.0 Å². The Bertz CT molecular complexity index is 508. The first kappa shape index (κ1) is 15.3. The van der Waals surface area contributed by atoms with Crippen molar-refractivity contribution < 1.29 is 14.3 Å². The molecule has 112 valence electrons. The third-order valence-corrected chi connectivity index (χ3v) is 3.44. The van der Waals surface area contributed by atoms with Crippen LogP contribution in [0.25, 0.3) is 6.08 Å². The number of amides is 2. The molecule has 1 aliphatic rings. The zero-order valence-electron chi connectivity index (χ0n) is 11.8. The fourth-order valence-electron chi connectivity index (χ4n) is 2.18. The van der Waals surface area contributed by atoms with Crippen LogP contribution in [0.5, 0.6) is 0 Å². The van der Waals surface area contributed by atoms with Crippen molar-refractivity contribution in [2.24, 2.45) is 11.7 Å². The fourth-order valence-corrected chi connectivity index (χ4v) is 2.18. The van der Waals surface area contributed by atoms with E-state index in [1.165, 1.54) is 0 Å². The summed E-state index contributed by atoms with van der Waals surface area (Å²) in [6.45, 7) is 1.00. The van der Waals surface area contributed by atoms with Crippen LogP contribution >= 0.6 is 0 Å². The van der Waals surface area contributed by atoms with Gasteiger partial charge in [-0.05, 0) is 18.4 Å². The topological polar surface area (TPSA) is 81.4 Å². The Morgan fingerprint density at radius 3 is 2.76 bits per heavy atom. The minimum atomic E-state index is -0.682. The Hall–Kier alpha value is -2.14. The summed E-state index contributed by atoms with van der Waals surface area (Å²) in [4.78, 5) is 23.4. The fraction of sp³-hybridized carbons (Fsp3) is 0.375. The van der Waals surface area contributed by atoms with Gasteiger partial charge >= 0.3 is 0 Å². The molecular formula is C16H20N2O3. The second-order valence-corrected chi connectivity index (χ2v) is 5.07. The predicted octanol–water partition coefficient (Wildman–Crippen LogP) is 1.10. The number of rotatable bonds is 6. The van der Waals surface area contributed by atoms with Gasteiger partial charge in [-0.2, -0.15) is 0 Å². The quantitative estimate of drug-likeness (QED) is 0.822. The van der Waals surface area contributed by atoms with E-state index < -0.39 is 11.9 Å². The van der Waals surface area contributed by atoms with E-state index in [4.69, 9.17) is 10.5 Å². The normalized spacial score (nSPS) is 19.5. The highest BCUT2D eigenvalue weighted by Crippen LogP contribution is 2.13. The maximum Gasteiger partial charge on any atom is 0.240 e. The SMILES string of the molecule is NC(=O)[C@H](C/C=C/c1ccccc1)NC(=O)[C@@H]1CCOC1. The zero-order chi connectivity index (χ0) is 15.1. The van der Waals surface area contributed by atoms with Gasteiger partial charge in [-0.3, -0.25) is 9.59 Å². The largest absolute Gasteiger partial charge is 0.381 e. The summed E-state index contributed by atoms with van der Waals surface area (Å²) in [5.41, 5.74) is 6.38. The van der Waals surface area contributed by atoms with Crippen molar-refractivity contribution in [3.63, 3.8) is 0 Å². The van der Waals surface area contributed by atoms with Crippen molar-refractivity contribution >= 4 is 17.9 Å². The van der Waals surface area contributed by atoms with Crippen LogP contribution in [0.15, 0.2) is 36.4 Å². The standard InChI is InChI=1S/C16H20N2O3/c17-15(19)14(18-16(20)13-9-10-21-11-13)8-4-7-12-5-2-1-3-6-12/h1-7,13-14H,8-11H2,(H2,17,19)(H,18,20)/b7-4+/t13-,14+/m1/s1. The van der Waals surface area contributed by atoms with E-state index in [2.05, 4.69) is 5.32 Å². The lowest BCUT2D eigenvalue weighted by molar-refractivity contribution is -0.129. The maximum atomic E-state index is 12.0. The smallest absolute Gasteiger partial charge is 0.240 e. The molecule has 1 aromatic carbocycles. The monoisotopic (exact) mass is 288 g/mol.